The molecule has 0 amide bonds. The van der Waals surface area contributed by atoms with Gasteiger partial charge in [0.1, 0.15) is 5.82 Å². The van der Waals surface area contributed by atoms with E-state index in [4.69, 9.17) is 0 Å². The van der Waals surface area contributed by atoms with Crippen LogP contribution in [-0.2, 0) is 16.6 Å². The first kappa shape index (κ1) is 18.1. The maximum absolute atomic E-state index is 13.9. The van der Waals surface area contributed by atoms with Crippen LogP contribution in [0.2, 0.25) is 0 Å². The van der Waals surface area contributed by atoms with Gasteiger partial charge in [0, 0.05) is 18.7 Å². The third-order valence-corrected chi connectivity index (χ3v) is 5.25. The van der Waals surface area contributed by atoms with Gasteiger partial charge in [0.15, 0.2) is 0 Å². The molecule has 1 rings (SSSR count). The van der Waals surface area contributed by atoms with Gasteiger partial charge in [-0.15, -0.1) is 0 Å². The van der Waals surface area contributed by atoms with E-state index in [0.717, 1.165) is 6.42 Å². The van der Waals surface area contributed by atoms with Gasteiger partial charge >= 0.3 is 0 Å². The lowest BCUT2D eigenvalue weighted by Crippen LogP contribution is -2.34. The SMILES string of the molecule is CCC(C)(C)CNS(=O)(=O)c1cc(CNC)cc(F)c1C. The van der Waals surface area contributed by atoms with Crippen molar-refractivity contribution in [2.24, 2.45) is 5.41 Å². The van der Waals surface area contributed by atoms with E-state index < -0.39 is 15.8 Å². The highest BCUT2D eigenvalue weighted by atomic mass is 32.2. The lowest BCUT2D eigenvalue weighted by Gasteiger charge is -2.23. The van der Waals surface area contributed by atoms with Gasteiger partial charge in [-0.1, -0.05) is 20.8 Å². The highest BCUT2D eigenvalue weighted by Gasteiger charge is 2.23. The summed E-state index contributed by atoms with van der Waals surface area (Å²) >= 11 is 0. The standard InChI is InChI=1S/C15H25FN2O2S/c1-6-15(3,4)10-18-21(19,20)14-8-12(9-17-5)7-13(16)11(14)2/h7-8,17-18H,6,9-10H2,1-5H3. The fraction of sp³-hybridized carbons (Fsp3) is 0.600. The molecule has 0 bridgehead atoms. The van der Waals surface area contributed by atoms with Crippen LogP contribution in [0.4, 0.5) is 4.39 Å². The summed E-state index contributed by atoms with van der Waals surface area (Å²) in [5, 5.41) is 2.89. The maximum atomic E-state index is 13.9. The van der Waals surface area contributed by atoms with Gasteiger partial charge in [0.2, 0.25) is 10.0 Å². The second-order valence-electron chi connectivity index (χ2n) is 6.07. The molecule has 1 aromatic rings. The van der Waals surface area contributed by atoms with Gasteiger partial charge < -0.3 is 5.32 Å². The number of benzene rings is 1. The topological polar surface area (TPSA) is 58.2 Å². The number of hydrogen-bond acceptors (Lipinski definition) is 3. The van der Waals surface area contributed by atoms with E-state index in [1.54, 1.807) is 7.05 Å². The van der Waals surface area contributed by atoms with Crippen molar-refractivity contribution in [1.82, 2.24) is 10.0 Å². The van der Waals surface area contributed by atoms with Crippen LogP contribution < -0.4 is 10.0 Å². The zero-order chi connectivity index (χ0) is 16.3. The minimum atomic E-state index is -3.72. The molecular formula is C15H25FN2O2S. The summed E-state index contributed by atoms with van der Waals surface area (Å²) in [6.45, 7) is 8.20. The first-order valence-corrected chi connectivity index (χ1v) is 8.54. The van der Waals surface area contributed by atoms with Crippen LogP contribution in [0.25, 0.3) is 0 Å². The van der Waals surface area contributed by atoms with Crippen molar-refractivity contribution >= 4 is 10.0 Å². The number of hydrogen-bond donors (Lipinski definition) is 2. The average molecular weight is 316 g/mol. The number of sulfonamides is 1. The van der Waals surface area contributed by atoms with Crippen molar-refractivity contribution in [2.45, 2.75) is 45.6 Å². The molecule has 21 heavy (non-hydrogen) atoms. The minimum absolute atomic E-state index is 0.0136. The van der Waals surface area contributed by atoms with Crippen molar-refractivity contribution in [3.8, 4) is 0 Å². The normalized spacial score (nSPS) is 12.7. The molecule has 4 nitrogen and oxygen atoms in total. The summed E-state index contributed by atoms with van der Waals surface area (Å²) in [6.07, 6.45) is 0.850. The summed E-state index contributed by atoms with van der Waals surface area (Å²) in [6, 6.07) is 2.89. The van der Waals surface area contributed by atoms with Crippen LogP contribution in [0.3, 0.4) is 0 Å². The zero-order valence-electron chi connectivity index (χ0n) is 13.4. The lowest BCUT2D eigenvalue weighted by molar-refractivity contribution is 0.350. The molecule has 0 spiro atoms. The molecule has 0 saturated heterocycles. The molecule has 0 aromatic heterocycles. The fourth-order valence-electron chi connectivity index (χ4n) is 1.79. The van der Waals surface area contributed by atoms with Crippen LogP contribution in [0.15, 0.2) is 17.0 Å². The van der Waals surface area contributed by atoms with Crippen LogP contribution >= 0.6 is 0 Å². The monoisotopic (exact) mass is 316 g/mol. The predicted molar refractivity (Wildman–Crippen MR) is 83.2 cm³/mol. The van der Waals surface area contributed by atoms with E-state index in [0.29, 0.717) is 18.7 Å². The Morgan fingerprint density at radius 2 is 1.90 bits per heavy atom. The van der Waals surface area contributed by atoms with Gasteiger partial charge in [-0.2, -0.15) is 0 Å². The van der Waals surface area contributed by atoms with Gasteiger partial charge in [-0.3, -0.25) is 0 Å². The van der Waals surface area contributed by atoms with Gasteiger partial charge in [-0.25, -0.2) is 17.5 Å². The van der Waals surface area contributed by atoms with E-state index >= 15 is 0 Å². The van der Waals surface area contributed by atoms with Gasteiger partial charge in [0.25, 0.3) is 0 Å². The predicted octanol–water partition coefficient (Wildman–Crippen LogP) is 2.57. The maximum Gasteiger partial charge on any atom is 0.240 e. The molecule has 0 aliphatic carbocycles. The fourth-order valence-corrected chi connectivity index (χ4v) is 3.33. The molecule has 0 unspecified atom stereocenters. The lowest BCUT2D eigenvalue weighted by atomic mass is 9.91. The Hall–Kier alpha value is -0.980. The van der Waals surface area contributed by atoms with Crippen molar-refractivity contribution in [1.29, 1.82) is 0 Å². The number of halogens is 1. The quantitative estimate of drug-likeness (QED) is 0.813. The van der Waals surface area contributed by atoms with E-state index in [-0.39, 0.29) is 15.9 Å². The van der Waals surface area contributed by atoms with Crippen LogP contribution in [0.1, 0.15) is 38.3 Å². The highest BCUT2D eigenvalue weighted by molar-refractivity contribution is 7.89. The molecule has 0 aliphatic heterocycles. The summed E-state index contributed by atoms with van der Waals surface area (Å²) in [5.41, 5.74) is 0.620. The van der Waals surface area contributed by atoms with Crippen molar-refractivity contribution in [3.63, 3.8) is 0 Å². The summed E-state index contributed by atoms with van der Waals surface area (Å²) in [7, 11) is -1.99. The smallest absolute Gasteiger partial charge is 0.240 e. The zero-order valence-corrected chi connectivity index (χ0v) is 14.2. The molecular weight excluding hydrogens is 291 g/mol. The Morgan fingerprint density at radius 3 is 2.43 bits per heavy atom. The molecule has 0 heterocycles. The Morgan fingerprint density at radius 1 is 1.29 bits per heavy atom. The Kier molecular flexibility index (Phi) is 5.90. The summed E-state index contributed by atoms with van der Waals surface area (Å²) < 4.78 is 41.4. The average Bonchev–Trinajstić information content (AvgIpc) is 2.41. The largest absolute Gasteiger partial charge is 0.316 e. The first-order chi connectivity index (χ1) is 9.63. The molecule has 0 fully saturated rings. The Bertz CT molecular complexity index is 598. The molecule has 0 atom stereocenters. The van der Waals surface area contributed by atoms with E-state index in [9.17, 15) is 12.8 Å². The summed E-state index contributed by atoms with van der Waals surface area (Å²) in [5.74, 6) is -0.502. The molecule has 2 N–H and O–H groups in total. The highest BCUT2D eigenvalue weighted by Crippen LogP contribution is 2.23. The third kappa shape index (κ3) is 4.76. The minimum Gasteiger partial charge on any atom is -0.316 e. The first-order valence-electron chi connectivity index (χ1n) is 7.06. The van der Waals surface area contributed by atoms with Crippen LogP contribution in [-0.4, -0.2) is 22.0 Å². The molecule has 1 aromatic carbocycles. The number of rotatable bonds is 7. The summed E-state index contributed by atoms with van der Waals surface area (Å²) in [4.78, 5) is 0.0136. The second kappa shape index (κ2) is 6.85. The van der Waals surface area contributed by atoms with Gasteiger partial charge in [0.05, 0.1) is 4.90 Å². The Balaban J connectivity index is 3.13. The van der Waals surface area contributed by atoms with E-state index in [1.807, 2.05) is 20.8 Å². The second-order valence-corrected chi connectivity index (χ2v) is 7.81. The van der Waals surface area contributed by atoms with Crippen molar-refractivity contribution in [2.75, 3.05) is 13.6 Å². The van der Waals surface area contributed by atoms with Crippen molar-refractivity contribution < 1.29 is 12.8 Å². The van der Waals surface area contributed by atoms with E-state index in [2.05, 4.69) is 10.0 Å². The molecule has 0 aliphatic rings. The van der Waals surface area contributed by atoms with Crippen LogP contribution in [0.5, 0.6) is 0 Å². The third-order valence-electron chi connectivity index (χ3n) is 3.72. The van der Waals surface area contributed by atoms with Gasteiger partial charge in [-0.05, 0) is 43.5 Å². The molecule has 0 radical (unpaired) electrons. The molecule has 6 heteroatoms. The van der Waals surface area contributed by atoms with Crippen LogP contribution in [0, 0.1) is 18.2 Å². The molecule has 120 valence electrons. The Labute approximate surface area is 127 Å². The number of nitrogens with one attached hydrogen (secondary N) is 2. The van der Waals surface area contributed by atoms with Crippen molar-refractivity contribution in [3.05, 3.63) is 29.1 Å². The van der Waals surface area contributed by atoms with E-state index in [1.165, 1.54) is 19.1 Å². The molecule has 0 saturated carbocycles.